The third-order valence-corrected chi connectivity index (χ3v) is 2.49. The van der Waals surface area contributed by atoms with Crippen molar-refractivity contribution in [3.05, 3.63) is 59.3 Å². The van der Waals surface area contributed by atoms with Gasteiger partial charge in [-0.25, -0.2) is 4.98 Å². The lowest BCUT2D eigenvalue weighted by Gasteiger charge is -2.05. The number of nitrogens with zero attached hydrogens (tertiary/aromatic N) is 2. The van der Waals surface area contributed by atoms with Gasteiger partial charge >= 0.3 is 0 Å². The van der Waals surface area contributed by atoms with Crippen molar-refractivity contribution in [2.75, 3.05) is 5.32 Å². The molecule has 0 saturated carbocycles. The van der Waals surface area contributed by atoms with Crippen molar-refractivity contribution in [1.29, 1.82) is 5.26 Å². The number of aryl methyl sites for hydroxylation is 1. The minimum Gasteiger partial charge on any atom is -0.366 e. The van der Waals surface area contributed by atoms with Crippen LogP contribution in [0.4, 0.5) is 5.82 Å². The summed E-state index contributed by atoms with van der Waals surface area (Å²) in [5.74, 6) is 0.782. The molecule has 17 heavy (non-hydrogen) atoms. The molecule has 0 amide bonds. The number of hydrogen-bond acceptors (Lipinski definition) is 3. The second-order valence-electron chi connectivity index (χ2n) is 3.88. The van der Waals surface area contributed by atoms with E-state index in [2.05, 4.69) is 41.5 Å². The molecule has 2 aromatic rings. The first-order valence-electron chi connectivity index (χ1n) is 5.43. The fraction of sp³-hybridized carbons (Fsp3) is 0.143. The van der Waals surface area contributed by atoms with Crippen LogP contribution >= 0.6 is 0 Å². The van der Waals surface area contributed by atoms with Gasteiger partial charge in [0.05, 0.1) is 5.56 Å². The van der Waals surface area contributed by atoms with Crippen molar-refractivity contribution in [2.45, 2.75) is 13.5 Å². The van der Waals surface area contributed by atoms with E-state index in [9.17, 15) is 0 Å². The number of anilines is 1. The lowest BCUT2D eigenvalue weighted by Crippen LogP contribution is -2.01. The molecule has 1 aromatic heterocycles. The Hall–Kier alpha value is -2.34. The van der Waals surface area contributed by atoms with Gasteiger partial charge in [-0.1, -0.05) is 29.8 Å². The molecule has 0 aliphatic carbocycles. The molecule has 0 bridgehead atoms. The lowest BCUT2D eigenvalue weighted by atomic mass is 10.1. The molecule has 0 spiro atoms. The molecule has 0 aliphatic rings. The van der Waals surface area contributed by atoms with Crippen molar-refractivity contribution < 1.29 is 0 Å². The summed E-state index contributed by atoms with van der Waals surface area (Å²) in [5.41, 5.74) is 3.04. The van der Waals surface area contributed by atoms with Crippen LogP contribution in [0.5, 0.6) is 0 Å². The molecule has 0 aliphatic heterocycles. The van der Waals surface area contributed by atoms with Crippen LogP contribution in [0.3, 0.4) is 0 Å². The molecule has 0 atom stereocenters. The maximum Gasteiger partial charge on any atom is 0.126 e. The zero-order chi connectivity index (χ0) is 12.1. The van der Waals surface area contributed by atoms with Gasteiger partial charge in [0.1, 0.15) is 11.9 Å². The molecule has 0 unspecified atom stereocenters. The molecule has 0 saturated heterocycles. The summed E-state index contributed by atoms with van der Waals surface area (Å²) >= 11 is 0. The Bertz CT molecular complexity index is 521. The van der Waals surface area contributed by atoms with Crippen LogP contribution < -0.4 is 5.32 Å². The lowest BCUT2D eigenvalue weighted by molar-refractivity contribution is 1.11. The van der Waals surface area contributed by atoms with Crippen LogP contribution in [-0.4, -0.2) is 4.98 Å². The molecular formula is C14H13N3. The van der Waals surface area contributed by atoms with E-state index in [0.717, 1.165) is 12.4 Å². The van der Waals surface area contributed by atoms with E-state index in [1.165, 1.54) is 11.1 Å². The van der Waals surface area contributed by atoms with Gasteiger partial charge in [-0.05, 0) is 24.6 Å². The molecule has 2 rings (SSSR count). The molecule has 84 valence electrons. The van der Waals surface area contributed by atoms with E-state index in [-0.39, 0.29) is 0 Å². The topological polar surface area (TPSA) is 48.7 Å². The van der Waals surface area contributed by atoms with Gasteiger partial charge in [0.25, 0.3) is 0 Å². The Morgan fingerprint density at radius 2 is 1.94 bits per heavy atom. The number of rotatable bonds is 3. The number of pyridine rings is 1. The van der Waals surface area contributed by atoms with Gasteiger partial charge in [-0.2, -0.15) is 5.26 Å². The molecule has 1 heterocycles. The zero-order valence-corrected chi connectivity index (χ0v) is 9.64. The van der Waals surface area contributed by atoms with Crippen molar-refractivity contribution in [1.82, 2.24) is 4.98 Å². The van der Waals surface area contributed by atoms with Gasteiger partial charge in [0, 0.05) is 12.7 Å². The van der Waals surface area contributed by atoms with E-state index < -0.39 is 0 Å². The van der Waals surface area contributed by atoms with Crippen molar-refractivity contribution in [2.24, 2.45) is 0 Å². The molecule has 3 heteroatoms. The van der Waals surface area contributed by atoms with Crippen molar-refractivity contribution in [3.8, 4) is 6.07 Å². The summed E-state index contributed by atoms with van der Waals surface area (Å²) < 4.78 is 0. The number of benzene rings is 1. The van der Waals surface area contributed by atoms with Crippen LogP contribution in [0.2, 0.25) is 0 Å². The van der Waals surface area contributed by atoms with E-state index in [1.54, 1.807) is 12.3 Å². The smallest absolute Gasteiger partial charge is 0.126 e. The normalized spacial score (nSPS) is 9.65. The summed E-state index contributed by atoms with van der Waals surface area (Å²) in [5, 5.41) is 11.9. The Balaban J connectivity index is 1.98. The summed E-state index contributed by atoms with van der Waals surface area (Å²) in [4.78, 5) is 4.15. The monoisotopic (exact) mass is 223 g/mol. The predicted molar refractivity (Wildman–Crippen MR) is 67.5 cm³/mol. The highest BCUT2D eigenvalue weighted by Crippen LogP contribution is 2.08. The Morgan fingerprint density at radius 1 is 1.18 bits per heavy atom. The maximum atomic E-state index is 8.65. The maximum absolute atomic E-state index is 8.65. The highest BCUT2D eigenvalue weighted by Gasteiger charge is 1.96. The van der Waals surface area contributed by atoms with Gasteiger partial charge in [0.2, 0.25) is 0 Å². The third kappa shape index (κ3) is 3.05. The Kier molecular flexibility index (Phi) is 3.37. The van der Waals surface area contributed by atoms with Crippen LogP contribution in [0.15, 0.2) is 42.6 Å². The van der Waals surface area contributed by atoms with E-state index in [1.807, 2.05) is 12.1 Å². The van der Waals surface area contributed by atoms with E-state index >= 15 is 0 Å². The molecule has 3 nitrogen and oxygen atoms in total. The molecule has 0 radical (unpaired) electrons. The van der Waals surface area contributed by atoms with E-state index in [0.29, 0.717) is 5.56 Å². The Labute approximate surface area is 101 Å². The van der Waals surface area contributed by atoms with Gasteiger partial charge in [0.15, 0.2) is 0 Å². The minimum atomic E-state index is 0.575. The summed E-state index contributed by atoms with van der Waals surface area (Å²) in [6, 6.07) is 14.0. The molecule has 0 fully saturated rings. The van der Waals surface area contributed by atoms with Crippen LogP contribution in [0.1, 0.15) is 16.7 Å². The first-order valence-corrected chi connectivity index (χ1v) is 5.43. The summed E-state index contributed by atoms with van der Waals surface area (Å²) in [6.45, 7) is 2.80. The fourth-order valence-corrected chi connectivity index (χ4v) is 1.46. The number of nitriles is 1. The summed E-state index contributed by atoms with van der Waals surface area (Å²) in [7, 11) is 0. The van der Waals surface area contributed by atoms with Crippen LogP contribution in [0.25, 0.3) is 0 Å². The highest BCUT2D eigenvalue weighted by molar-refractivity contribution is 5.39. The van der Waals surface area contributed by atoms with Gasteiger partial charge in [-0.15, -0.1) is 0 Å². The zero-order valence-electron chi connectivity index (χ0n) is 9.64. The fourth-order valence-electron chi connectivity index (χ4n) is 1.46. The van der Waals surface area contributed by atoms with Gasteiger partial charge in [-0.3, -0.25) is 0 Å². The highest BCUT2D eigenvalue weighted by atomic mass is 15.0. The Morgan fingerprint density at radius 3 is 2.53 bits per heavy atom. The molecule has 1 N–H and O–H groups in total. The van der Waals surface area contributed by atoms with E-state index in [4.69, 9.17) is 5.26 Å². The average molecular weight is 223 g/mol. The first kappa shape index (κ1) is 11.2. The van der Waals surface area contributed by atoms with Crippen LogP contribution in [-0.2, 0) is 6.54 Å². The number of hydrogen-bond donors (Lipinski definition) is 1. The second kappa shape index (κ2) is 5.13. The summed E-state index contributed by atoms with van der Waals surface area (Å²) in [6.07, 6.45) is 1.57. The van der Waals surface area contributed by atoms with Crippen molar-refractivity contribution in [3.63, 3.8) is 0 Å². The minimum absolute atomic E-state index is 0.575. The predicted octanol–water partition coefficient (Wildman–Crippen LogP) is 2.87. The second-order valence-corrected chi connectivity index (χ2v) is 3.88. The first-order chi connectivity index (χ1) is 8.28. The molecular weight excluding hydrogens is 210 g/mol. The van der Waals surface area contributed by atoms with Crippen molar-refractivity contribution >= 4 is 5.82 Å². The largest absolute Gasteiger partial charge is 0.366 e. The van der Waals surface area contributed by atoms with Gasteiger partial charge < -0.3 is 5.32 Å². The standard InChI is InChI=1S/C14H13N3/c1-11-2-4-12(5-3-11)9-16-14-7-6-13(8-15)10-17-14/h2-7,10H,9H2,1H3,(H,16,17). The average Bonchev–Trinajstić information content (AvgIpc) is 2.39. The number of nitrogens with one attached hydrogen (secondary N) is 1. The third-order valence-electron chi connectivity index (χ3n) is 2.49. The quantitative estimate of drug-likeness (QED) is 0.870. The SMILES string of the molecule is Cc1ccc(CNc2ccc(C#N)cn2)cc1. The van der Waals surface area contributed by atoms with Crippen LogP contribution in [0, 0.1) is 18.3 Å². The molecule has 1 aromatic carbocycles. The number of aromatic nitrogens is 1.